The SMILES string of the molecule is CC(C)(C)OC(=O)NC(Cc1ccc(Cl)cc1)C(=O)N1CC=CCC1c1ccc2cccc-2o1. The summed E-state index contributed by atoms with van der Waals surface area (Å²) in [5, 5.41) is 3.40. The van der Waals surface area contributed by atoms with Gasteiger partial charge in [0, 0.05) is 23.6 Å². The number of ether oxygens (including phenoxy) is 1. The Bertz CT molecular complexity index is 1150. The van der Waals surface area contributed by atoms with Gasteiger partial charge in [0.1, 0.15) is 23.2 Å². The van der Waals surface area contributed by atoms with Crippen LogP contribution < -0.4 is 5.32 Å². The molecule has 2 heterocycles. The quantitative estimate of drug-likeness (QED) is 0.454. The third-order valence-corrected chi connectivity index (χ3v) is 5.87. The fraction of sp³-hybridized carbons (Fsp3) is 0.333. The Morgan fingerprint density at radius 3 is 2.62 bits per heavy atom. The van der Waals surface area contributed by atoms with Crippen molar-refractivity contribution in [2.75, 3.05) is 6.54 Å². The summed E-state index contributed by atoms with van der Waals surface area (Å²) in [6.07, 6.45) is 4.31. The Labute approximate surface area is 204 Å². The maximum Gasteiger partial charge on any atom is 0.408 e. The van der Waals surface area contributed by atoms with E-state index < -0.39 is 17.7 Å². The van der Waals surface area contributed by atoms with Crippen LogP contribution in [0.1, 0.15) is 44.6 Å². The van der Waals surface area contributed by atoms with Gasteiger partial charge in [0.05, 0.1) is 6.04 Å². The molecule has 7 heteroatoms. The third kappa shape index (κ3) is 5.81. The third-order valence-electron chi connectivity index (χ3n) is 5.62. The van der Waals surface area contributed by atoms with Gasteiger partial charge in [-0.1, -0.05) is 48.0 Å². The van der Waals surface area contributed by atoms with E-state index in [9.17, 15) is 9.59 Å². The van der Waals surface area contributed by atoms with Crippen LogP contribution in [0.25, 0.3) is 11.3 Å². The molecular weight excluding hydrogens is 452 g/mol. The van der Waals surface area contributed by atoms with E-state index in [2.05, 4.69) is 11.4 Å². The molecule has 1 N–H and O–H groups in total. The van der Waals surface area contributed by atoms with Gasteiger partial charge in [-0.3, -0.25) is 4.79 Å². The Morgan fingerprint density at radius 2 is 1.88 bits per heavy atom. The number of fused-ring (bicyclic) bond motifs is 1. The molecule has 6 nitrogen and oxygen atoms in total. The van der Waals surface area contributed by atoms with Gasteiger partial charge in [-0.2, -0.15) is 0 Å². The van der Waals surface area contributed by atoms with Crippen molar-refractivity contribution in [3.63, 3.8) is 0 Å². The lowest BCUT2D eigenvalue weighted by Gasteiger charge is -2.35. The molecule has 0 spiro atoms. The van der Waals surface area contributed by atoms with Crippen molar-refractivity contribution in [1.29, 1.82) is 0 Å². The van der Waals surface area contributed by atoms with Gasteiger partial charge >= 0.3 is 6.09 Å². The summed E-state index contributed by atoms with van der Waals surface area (Å²) >= 11 is 6.03. The largest absolute Gasteiger partial charge is 0.459 e. The minimum atomic E-state index is -0.812. The van der Waals surface area contributed by atoms with E-state index in [1.165, 1.54) is 0 Å². The summed E-state index contributed by atoms with van der Waals surface area (Å²) in [6, 6.07) is 15.9. The molecule has 178 valence electrons. The lowest BCUT2D eigenvalue weighted by molar-refractivity contribution is -0.136. The smallest absolute Gasteiger partial charge is 0.408 e. The molecule has 2 aliphatic heterocycles. The standard InChI is InChI=1S/C27H29ClN2O4/c1-27(2,3)34-26(32)29-21(17-18-10-13-20(28)14-11-18)25(31)30-16-5-4-8-22(30)24-15-12-19-7-6-9-23(19)33-24/h4-7,9-15,21-22H,8,16-17H2,1-3H3,(H,29,32). The molecule has 0 saturated heterocycles. The van der Waals surface area contributed by atoms with Crippen molar-refractivity contribution in [2.45, 2.75) is 51.3 Å². The second-order valence-electron chi connectivity index (χ2n) is 9.43. The van der Waals surface area contributed by atoms with E-state index in [0.717, 1.165) is 16.9 Å². The number of nitrogens with one attached hydrogen (secondary N) is 1. The van der Waals surface area contributed by atoms with Gasteiger partial charge < -0.3 is 19.4 Å². The fourth-order valence-corrected chi connectivity index (χ4v) is 4.17. The van der Waals surface area contributed by atoms with Gasteiger partial charge in [0.25, 0.3) is 0 Å². The summed E-state index contributed by atoms with van der Waals surface area (Å²) in [6.45, 7) is 5.78. The van der Waals surface area contributed by atoms with Crippen LogP contribution in [-0.4, -0.2) is 35.1 Å². The zero-order valence-corrected chi connectivity index (χ0v) is 20.3. The average molecular weight is 481 g/mol. The van der Waals surface area contributed by atoms with E-state index in [4.69, 9.17) is 20.8 Å². The number of amides is 2. The molecule has 2 unspecified atom stereocenters. The average Bonchev–Trinajstić information content (AvgIpc) is 3.26. The molecule has 1 aromatic carbocycles. The Balaban J connectivity index is 1.61. The van der Waals surface area contributed by atoms with Crippen molar-refractivity contribution in [2.24, 2.45) is 0 Å². The monoisotopic (exact) mass is 480 g/mol. The summed E-state index contributed by atoms with van der Waals surface area (Å²) < 4.78 is 11.6. The van der Waals surface area contributed by atoms with Crippen LogP contribution in [-0.2, 0) is 16.0 Å². The number of carbonyl (C=O) groups excluding carboxylic acids is 2. The second kappa shape index (κ2) is 9.94. The molecule has 0 aromatic heterocycles. The molecule has 0 saturated carbocycles. The lowest BCUT2D eigenvalue weighted by Crippen LogP contribution is -2.52. The number of hydrogen-bond acceptors (Lipinski definition) is 4. The van der Waals surface area contributed by atoms with E-state index in [-0.39, 0.29) is 11.9 Å². The summed E-state index contributed by atoms with van der Waals surface area (Å²) in [7, 11) is 0. The highest BCUT2D eigenvalue weighted by molar-refractivity contribution is 6.30. The number of rotatable bonds is 5. The van der Waals surface area contributed by atoms with Crippen LogP contribution in [0.3, 0.4) is 0 Å². The van der Waals surface area contributed by atoms with Crippen molar-refractivity contribution in [1.82, 2.24) is 10.2 Å². The van der Waals surface area contributed by atoms with Crippen LogP contribution in [0, 0.1) is 0 Å². The van der Waals surface area contributed by atoms with Crippen molar-refractivity contribution in [3.05, 3.63) is 83.1 Å². The molecule has 0 bridgehead atoms. The number of benzene rings is 1. The molecule has 2 amide bonds. The Hall–Kier alpha value is -3.25. The maximum atomic E-state index is 13.8. The highest BCUT2D eigenvalue weighted by Crippen LogP contribution is 2.33. The van der Waals surface area contributed by atoms with Crippen molar-refractivity contribution < 1.29 is 18.7 Å². The van der Waals surface area contributed by atoms with Gasteiger partial charge in [-0.25, -0.2) is 4.79 Å². The first-order chi connectivity index (χ1) is 16.2. The molecule has 1 aromatic rings. The number of halogens is 1. The van der Waals surface area contributed by atoms with E-state index in [0.29, 0.717) is 30.2 Å². The van der Waals surface area contributed by atoms with Crippen LogP contribution in [0.5, 0.6) is 0 Å². The highest BCUT2D eigenvalue weighted by Gasteiger charge is 2.34. The normalized spacial score (nSPS) is 16.9. The number of alkyl carbamates (subject to hydrolysis) is 1. The maximum absolute atomic E-state index is 13.8. The molecule has 3 aliphatic rings. The zero-order chi connectivity index (χ0) is 24.3. The van der Waals surface area contributed by atoms with Gasteiger partial charge in [0.2, 0.25) is 5.91 Å². The first-order valence-electron chi connectivity index (χ1n) is 11.4. The predicted octanol–water partition coefficient (Wildman–Crippen LogP) is 6.00. The Kier molecular flexibility index (Phi) is 6.98. The number of carbonyl (C=O) groups is 2. The molecule has 0 radical (unpaired) electrons. The second-order valence-corrected chi connectivity index (χ2v) is 9.86. The molecule has 4 rings (SSSR count). The van der Waals surface area contributed by atoms with E-state index in [1.54, 1.807) is 37.8 Å². The van der Waals surface area contributed by atoms with E-state index >= 15 is 0 Å². The van der Waals surface area contributed by atoms with Crippen LogP contribution in [0.4, 0.5) is 4.79 Å². The summed E-state index contributed by atoms with van der Waals surface area (Å²) in [5.74, 6) is 1.29. The topological polar surface area (TPSA) is 71.8 Å². The summed E-state index contributed by atoms with van der Waals surface area (Å²) in [4.78, 5) is 28.2. The Morgan fingerprint density at radius 1 is 1.12 bits per heavy atom. The highest BCUT2D eigenvalue weighted by atomic mass is 35.5. The van der Waals surface area contributed by atoms with Crippen LogP contribution in [0.15, 0.2) is 71.2 Å². The molecule has 0 fully saturated rings. The number of hydrogen-bond donors (Lipinski definition) is 1. The van der Waals surface area contributed by atoms with Gasteiger partial charge in [-0.15, -0.1) is 0 Å². The van der Waals surface area contributed by atoms with Gasteiger partial charge in [0.15, 0.2) is 0 Å². The minimum absolute atomic E-state index is 0.201. The fourth-order valence-electron chi connectivity index (χ4n) is 4.05. The molecule has 1 aliphatic carbocycles. The van der Waals surface area contributed by atoms with Crippen LogP contribution >= 0.6 is 11.6 Å². The van der Waals surface area contributed by atoms with Crippen molar-refractivity contribution in [3.8, 4) is 11.3 Å². The summed E-state index contributed by atoms with van der Waals surface area (Å²) in [5.41, 5.74) is 1.22. The first-order valence-corrected chi connectivity index (χ1v) is 11.8. The predicted molar refractivity (Wildman–Crippen MR) is 132 cm³/mol. The lowest BCUT2D eigenvalue weighted by atomic mass is 10.00. The minimum Gasteiger partial charge on any atom is -0.459 e. The van der Waals surface area contributed by atoms with Gasteiger partial charge in [-0.05, 0) is 63.1 Å². The zero-order valence-electron chi connectivity index (χ0n) is 19.6. The molecule has 2 atom stereocenters. The van der Waals surface area contributed by atoms with E-state index in [1.807, 2.05) is 48.5 Å². The molecular formula is C27H29ClN2O4. The van der Waals surface area contributed by atoms with Crippen molar-refractivity contribution >= 4 is 23.6 Å². The number of nitrogens with zero attached hydrogens (tertiary/aromatic N) is 1. The van der Waals surface area contributed by atoms with Crippen LogP contribution in [0.2, 0.25) is 5.02 Å². The first kappa shape index (κ1) is 23.9. The molecule has 34 heavy (non-hydrogen) atoms.